The van der Waals surface area contributed by atoms with Gasteiger partial charge in [0, 0.05) is 17.6 Å². The number of carbonyl (C=O) groups excluding carboxylic acids is 1. The fourth-order valence-corrected chi connectivity index (χ4v) is 3.93. The number of nitrogens with one attached hydrogen (secondary N) is 1. The molecule has 3 rings (SSSR count). The maximum absolute atomic E-state index is 12.7. The number of hydrogen-bond donors (Lipinski definition) is 1. The second kappa shape index (κ2) is 8.52. The highest BCUT2D eigenvalue weighted by Crippen LogP contribution is 2.21. The molecule has 0 aliphatic carbocycles. The predicted molar refractivity (Wildman–Crippen MR) is 111 cm³/mol. The fraction of sp³-hybridized carbons (Fsp3) is 0.100. The van der Waals surface area contributed by atoms with Crippen LogP contribution in [0.2, 0.25) is 5.02 Å². The van der Waals surface area contributed by atoms with Gasteiger partial charge in [0.15, 0.2) is 0 Å². The quantitative estimate of drug-likeness (QED) is 0.495. The minimum absolute atomic E-state index is 0.126. The van der Waals surface area contributed by atoms with Gasteiger partial charge in [-0.2, -0.15) is 9.41 Å². The molecular weight excluding hydrogens is 398 g/mol. The highest BCUT2D eigenvalue weighted by molar-refractivity contribution is 7.89. The molecule has 1 amide bonds. The molecule has 0 saturated heterocycles. The Labute approximate surface area is 168 Å². The first-order chi connectivity index (χ1) is 13.4. The number of hydrogen-bond acceptors (Lipinski definition) is 4. The van der Waals surface area contributed by atoms with Crippen molar-refractivity contribution in [3.05, 3.63) is 77.3 Å². The molecule has 0 aromatic heterocycles. The summed E-state index contributed by atoms with van der Waals surface area (Å²) in [6.07, 6.45) is 1.40. The molecule has 0 unspecified atom stereocenters. The summed E-state index contributed by atoms with van der Waals surface area (Å²) in [6, 6.07) is 19.3. The molecule has 3 aromatic rings. The smallest absolute Gasteiger partial charge is 0.255 e. The minimum Gasteiger partial charge on any atom is -0.272 e. The van der Waals surface area contributed by atoms with Crippen molar-refractivity contribution in [3.8, 4) is 0 Å². The summed E-state index contributed by atoms with van der Waals surface area (Å²) in [5, 5.41) is 6.07. The molecule has 0 spiro atoms. The molecular formula is C20H18ClN3O3S. The Kier molecular flexibility index (Phi) is 6.08. The number of hydrazone groups is 1. The van der Waals surface area contributed by atoms with E-state index in [9.17, 15) is 13.2 Å². The molecule has 0 radical (unpaired) electrons. The molecule has 6 nitrogen and oxygen atoms in total. The van der Waals surface area contributed by atoms with Crippen molar-refractivity contribution in [1.29, 1.82) is 0 Å². The predicted octanol–water partition coefficient (Wildman–Crippen LogP) is 3.26. The summed E-state index contributed by atoms with van der Waals surface area (Å²) >= 11 is 6.00. The molecule has 144 valence electrons. The lowest BCUT2D eigenvalue weighted by Gasteiger charge is -2.16. The first-order valence-corrected chi connectivity index (χ1v) is 10.2. The monoisotopic (exact) mass is 415 g/mol. The molecule has 8 heteroatoms. The highest BCUT2D eigenvalue weighted by atomic mass is 35.5. The van der Waals surface area contributed by atoms with Gasteiger partial charge in [-0.25, -0.2) is 13.8 Å². The Bertz CT molecular complexity index is 1150. The molecule has 0 saturated carbocycles. The third-order valence-corrected chi connectivity index (χ3v) is 6.24. The molecule has 1 N–H and O–H groups in total. The lowest BCUT2D eigenvalue weighted by molar-refractivity contribution is -0.121. The van der Waals surface area contributed by atoms with E-state index in [0.717, 1.165) is 15.1 Å². The third kappa shape index (κ3) is 4.56. The van der Waals surface area contributed by atoms with Crippen LogP contribution in [0.5, 0.6) is 0 Å². The number of nitrogens with zero attached hydrogens (tertiary/aromatic N) is 2. The van der Waals surface area contributed by atoms with Crippen LogP contribution >= 0.6 is 11.6 Å². The number of rotatable bonds is 6. The van der Waals surface area contributed by atoms with Gasteiger partial charge in [0.25, 0.3) is 5.91 Å². The van der Waals surface area contributed by atoms with E-state index in [1.54, 1.807) is 36.4 Å². The SMILES string of the molecule is CN(CC(=O)N/N=C/c1ccccc1Cl)S(=O)(=O)c1ccc2ccccc2c1. The van der Waals surface area contributed by atoms with Crippen molar-refractivity contribution < 1.29 is 13.2 Å². The summed E-state index contributed by atoms with van der Waals surface area (Å²) in [4.78, 5) is 12.2. The van der Waals surface area contributed by atoms with Crippen LogP contribution in [0.3, 0.4) is 0 Å². The summed E-state index contributed by atoms with van der Waals surface area (Å²) in [7, 11) is -2.46. The van der Waals surface area contributed by atoms with Gasteiger partial charge in [0.1, 0.15) is 0 Å². The standard InChI is InChI=1S/C20H18ClN3O3S/c1-24(14-20(25)23-22-13-17-8-4-5-9-19(17)21)28(26,27)18-11-10-15-6-2-3-7-16(15)12-18/h2-13H,14H2,1H3,(H,23,25)/b22-13+. The lowest BCUT2D eigenvalue weighted by Crippen LogP contribution is -2.36. The van der Waals surface area contributed by atoms with E-state index < -0.39 is 15.9 Å². The van der Waals surface area contributed by atoms with Gasteiger partial charge >= 0.3 is 0 Å². The van der Waals surface area contributed by atoms with Crippen molar-refractivity contribution in [2.75, 3.05) is 13.6 Å². The van der Waals surface area contributed by atoms with Crippen molar-refractivity contribution in [2.24, 2.45) is 5.10 Å². The Hall–Kier alpha value is -2.74. The second-order valence-corrected chi connectivity index (χ2v) is 8.54. The average molecular weight is 416 g/mol. The number of likely N-dealkylation sites (N-methyl/N-ethyl adjacent to an activating group) is 1. The zero-order chi connectivity index (χ0) is 20.1. The van der Waals surface area contributed by atoms with Crippen LogP contribution in [0.1, 0.15) is 5.56 Å². The summed E-state index contributed by atoms with van der Waals surface area (Å²) in [5.41, 5.74) is 2.95. The highest BCUT2D eigenvalue weighted by Gasteiger charge is 2.23. The Morgan fingerprint density at radius 2 is 1.75 bits per heavy atom. The van der Waals surface area contributed by atoms with Crippen molar-refractivity contribution in [3.63, 3.8) is 0 Å². The molecule has 0 bridgehead atoms. The molecule has 0 fully saturated rings. The average Bonchev–Trinajstić information content (AvgIpc) is 2.69. The Balaban J connectivity index is 1.67. The van der Waals surface area contributed by atoms with E-state index in [1.165, 1.54) is 19.3 Å². The summed E-state index contributed by atoms with van der Waals surface area (Å²) in [6.45, 7) is -0.366. The topological polar surface area (TPSA) is 78.8 Å². The molecule has 3 aromatic carbocycles. The van der Waals surface area contributed by atoms with Crippen molar-refractivity contribution in [2.45, 2.75) is 4.90 Å². The number of sulfonamides is 1. The Morgan fingerprint density at radius 1 is 1.07 bits per heavy atom. The zero-order valence-corrected chi connectivity index (χ0v) is 16.6. The van der Waals surface area contributed by atoms with E-state index in [0.29, 0.717) is 10.6 Å². The molecule has 0 atom stereocenters. The molecule has 0 heterocycles. The van der Waals surface area contributed by atoms with E-state index in [1.807, 2.05) is 24.3 Å². The van der Waals surface area contributed by atoms with Crippen molar-refractivity contribution in [1.82, 2.24) is 9.73 Å². The van der Waals surface area contributed by atoms with Gasteiger partial charge in [0.2, 0.25) is 10.0 Å². The van der Waals surface area contributed by atoms with Gasteiger partial charge in [-0.3, -0.25) is 4.79 Å². The number of carbonyl (C=O) groups is 1. The first-order valence-electron chi connectivity index (χ1n) is 8.39. The number of halogens is 1. The number of benzene rings is 3. The number of amides is 1. The van der Waals surface area contributed by atoms with E-state index >= 15 is 0 Å². The van der Waals surface area contributed by atoms with Crippen LogP contribution in [0, 0.1) is 0 Å². The number of fused-ring (bicyclic) bond motifs is 1. The maximum Gasteiger partial charge on any atom is 0.255 e. The maximum atomic E-state index is 12.7. The van der Waals surface area contributed by atoms with Crippen LogP contribution in [-0.2, 0) is 14.8 Å². The molecule has 0 aliphatic heterocycles. The minimum atomic E-state index is -3.81. The second-order valence-electron chi connectivity index (χ2n) is 6.08. The fourth-order valence-electron chi connectivity index (χ4n) is 2.58. The van der Waals surface area contributed by atoms with E-state index in [-0.39, 0.29) is 11.4 Å². The molecule has 28 heavy (non-hydrogen) atoms. The zero-order valence-electron chi connectivity index (χ0n) is 15.0. The van der Waals surface area contributed by atoms with E-state index in [4.69, 9.17) is 11.6 Å². The van der Waals surface area contributed by atoms with Gasteiger partial charge < -0.3 is 0 Å². The van der Waals surface area contributed by atoms with Gasteiger partial charge in [-0.15, -0.1) is 0 Å². The van der Waals surface area contributed by atoms with Gasteiger partial charge in [-0.1, -0.05) is 60.1 Å². The Morgan fingerprint density at radius 3 is 2.50 bits per heavy atom. The largest absolute Gasteiger partial charge is 0.272 e. The van der Waals surface area contributed by atoms with Gasteiger partial charge in [-0.05, 0) is 29.0 Å². The van der Waals surface area contributed by atoms with Crippen molar-refractivity contribution >= 4 is 44.5 Å². The van der Waals surface area contributed by atoms with Crippen LogP contribution in [0.25, 0.3) is 10.8 Å². The normalized spacial score (nSPS) is 12.0. The summed E-state index contributed by atoms with van der Waals surface area (Å²) < 4.78 is 26.5. The van der Waals surface area contributed by atoms with Crippen LogP contribution in [0.4, 0.5) is 0 Å². The lowest BCUT2D eigenvalue weighted by atomic mass is 10.1. The molecule has 0 aliphatic rings. The first kappa shape index (κ1) is 20.0. The van der Waals surface area contributed by atoms with Crippen LogP contribution < -0.4 is 5.43 Å². The van der Waals surface area contributed by atoms with Crippen LogP contribution in [0.15, 0.2) is 76.7 Å². The van der Waals surface area contributed by atoms with E-state index in [2.05, 4.69) is 10.5 Å². The van der Waals surface area contributed by atoms with Crippen LogP contribution in [-0.4, -0.2) is 38.4 Å². The third-order valence-electron chi connectivity index (χ3n) is 4.09. The van der Waals surface area contributed by atoms with Gasteiger partial charge in [0.05, 0.1) is 17.7 Å². The summed E-state index contributed by atoms with van der Waals surface area (Å²) in [5.74, 6) is -0.560.